The zero-order valence-electron chi connectivity index (χ0n) is 12.7. The lowest BCUT2D eigenvalue weighted by atomic mass is 10.1. The van der Waals surface area contributed by atoms with E-state index in [1.165, 1.54) is 5.56 Å². The van der Waals surface area contributed by atoms with Crippen LogP contribution >= 0.6 is 11.6 Å². The second-order valence-electron chi connectivity index (χ2n) is 5.26. The fourth-order valence-electron chi connectivity index (χ4n) is 2.48. The third-order valence-electron chi connectivity index (χ3n) is 3.62. The number of guanidine groups is 1. The minimum Gasteiger partial charge on any atom is -0.369 e. The van der Waals surface area contributed by atoms with Crippen LogP contribution in [0.4, 0.5) is 11.4 Å². The number of fused-ring (bicyclic) bond motifs is 1. The Morgan fingerprint density at radius 3 is 2.48 bits per heavy atom. The monoisotopic (exact) mass is 323 g/mol. The van der Waals surface area contributed by atoms with Crippen LogP contribution in [0.5, 0.6) is 0 Å². The van der Waals surface area contributed by atoms with Crippen LogP contribution in [0.2, 0.25) is 0 Å². The number of aliphatic imine (C=N–C) groups is 1. The molecule has 0 atom stereocenters. The second-order valence-corrected chi connectivity index (χ2v) is 5.63. The lowest BCUT2D eigenvalue weighted by Gasteiger charge is -2.08. The molecule has 0 heterocycles. The molecule has 0 aromatic heterocycles. The van der Waals surface area contributed by atoms with Gasteiger partial charge in [-0.25, -0.2) is 4.99 Å². The SMILES string of the molecule is NC(=Nc1cccc2ccccc12)Nc1ccc(CCCl)cc1. The number of nitrogens with zero attached hydrogens (tertiary/aromatic N) is 1. The summed E-state index contributed by atoms with van der Waals surface area (Å²) in [6.07, 6.45) is 0.863. The van der Waals surface area contributed by atoms with Crippen molar-refractivity contribution in [3.63, 3.8) is 0 Å². The van der Waals surface area contributed by atoms with Crippen molar-refractivity contribution in [2.24, 2.45) is 10.7 Å². The summed E-state index contributed by atoms with van der Waals surface area (Å²) in [6, 6.07) is 22.2. The van der Waals surface area contributed by atoms with E-state index in [1.54, 1.807) is 0 Å². The zero-order chi connectivity index (χ0) is 16.1. The highest BCUT2D eigenvalue weighted by Crippen LogP contribution is 2.25. The average molecular weight is 324 g/mol. The summed E-state index contributed by atoms with van der Waals surface area (Å²) in [5.74, 6) is 0.990. The van der Waals surface area contributed by atoms with Crippen molar-refractivity contribution >= 4 is 39.7 Å². The van der Waals surface area contributed by atoms with Gasteiger partial charge in [0.05, 0.1) is 5.69 Å². The minimum absolute atomic E-state index is 0.367. The van der Waals surface area contributed by atoms with Crippen molar-refractivity contribution in [2.45, 2.75) is 6.42 Å². The number of aryl methyl sites for hydroxylation is 1. The van der Waals surface area contributed by atoms with Crippen LogP contribution in [0.3, 0.4) is 0 Å². The van der Waals surface area contributed by atoms with E-state index in [-0.39, 0.29) is 0 Å². The summed E-state index contributed by atoms with van der Waals surface area (Å²) in [4.78, 5) is 4.50. The van der Waals surface area contributed by atoms with Gasteiger partial charge in [0, 0.05) is 17.0 Å². The van der Waals surface area contributed by atoms with Gasteiger partial charge in [-0.15, -0.1) is 11.6 Å². The topological polar surface area (TPSA) is 50.4 Å². The van der Waals surface area contributed by atoms with Crippen LogP contribution in [0.25, 0.3) is 10.8 Å². The van der Waals surface area contributed by atoms with Crippen molar-refractivity contribution in [2.75, 3.05) is 11.2 Å². The number of rotatable bonds is 4. The zero-order valence-corrected chi connectivity index (χ0v) is 13.4. The average Bonchev–Trinajstić information content (AvgIpc) is 2.57. The molecular formula is C19H18ClN3. The van der Waals surface area contributed by atoms with Crippen LogP contribution in [-0.4, -0.2) is 11.8 Å². The summed E-state index contributed by atoms with van der Waals surface area (Å²) < 4.78 is 0. The molecular weight excluding hydrogens is 306 g/mol. The van der Waals surface area contributed by atoms with E-state index in [1.807, 2.05) is 54.6 Å². The number of halogens is 1. The normalized spacial score (nSPS) is 11.6. The Kier molecular flexibility index (Phi) is 4.79. The predicted octanol–water partition coefficient (Wildman–Crippen LogP) is 4.68. The molecule has 0 spiro atoms. The van der Waals surface area contributed by atoms with Gasteiger partial charge in [-0.05, 0) is 35.6 Å². The predicted molar refractivity (Wildman–Crippen MR) is 99.7 cm³/mol. The van der Waals surface area contributed by atoms with Gasteiger partial charge in [0.2, 0.25) is 0 Å². The van der Waals surface area contributed by atoms with Gasteiger partial charge < -0.3 is 11.1 Å². The molecule has 0 saturated carbocycles. The maximum atomic E-state index is 6.04. The van der Waals surface area contributed by atoms with Gasteiger partial charge in [0.25, 0.3) is 0 Å². The number of hydrogen-bond acceptors (Lipinski definition) is 1. The number of hydrogen-bond donors (Lipinski definition) is 2. The van der Waals surface area contributed by atoms with Gasteiger partial charge >= 0.3 is 0 Å². The van der Waals surface area contributed by atoms with Crippen molar-refractivity contribution in [3.05, 3.63) is 72.3 Å². The molecule has 0 saturated heterocycles. The van der Waals surface area contributed by atoms with Gasteiger partial charge in [0.15, 0.2) is 5.96 Å². The van der Waals surface area contributed by atoms with Crippen LogP contribution in [0.15, 0.2) is 71.7 Å². The van der Waals surface area contributed by atoms with E-state index < -0.39 is 0 Å². The summed E-state index contributed by atoms with van der Waals surface area (Å²) >= 11 is 5.74. The Balaban J connectivity index is 1.81. The van der Waals surface area contributed by atoms with E-state index in [9.17, 15) is 0 Å². The first-order chi connectivity index (χ1) is 11.3. The number of nitrogens with two attached hydrogens (primary N) is 1. The third-order valence-corrected chi connectivity index (χ3v) is 3.81. The molecule has 0 unspecified atom stereocenters. The number of alkyl halides is 1. The highest BCUT2D eigenvalue weighted by atomic mass is 35.5. The summed E-state index contributed by atoms with van der Waals surface area (Å²) in [6.45, 7) is 0. The molecule has 0 aliphatic carbocycles. The van der Waals surface area contributed by atoms with Crippen LogP contribution in [-0.2, 0) is 6.42 Å². The molecule has 0 fully saturated rings. The Morgan fingerprint density at radius 1 is 0.957 bits per heavy atom. The van der Waals surface area contributed by atoms with Crippen LogP contribution < -0.4 is 11.1 Å². The highest BCUT2D eigenvalue weighted by Gasteiger charge is 2.01. The Morgan fingerprint density at radius 2 is 1.70 bits per heavy atom. The molecule has 0 amide bonds. The first-order valence-corrected chi connectivity index (χ1v) is 8.03. The maximum Gasteiger partial charge on any atom is 0.198 e. The summed E-state index contributed by atoms with van der Waals surface area (Å²) in [5, 5.41) is 5.35. The van der Waals surface area contributed by atoms with E-state index in [0.29, 0.717) is 11.8 Å². The maximum absolute atomic E-state index is 6.04. The molecule has 0 aliphatic heterocycles. The van der Waals surface area contributed by atoms with Gasteiger partial charge in [0.1, 0.15) is 0 Å². The Bertz CT molecular complexity index is 820. The number of nitrogens with one attached hydrogen (secondary N) is 1. The number of anilines is 1. The summed E-state index contributed by atoms with van der Waals surface area (Å²) in [5.41, 5.74) is 9.01. The molecule has 0 aliphatic rings. The Labute approximate surface area is 140 Å². The quantitative estimate of drug-likeness (QED) is 0.416. The summed E-state index contributed by atoms with van der Waals surface area (Å²) in [7, 11) is 0. The smallest absolute Gasteiger partial charge is 0.198 e. The highest BCUT2D eigenvalue weighted by molar-refractivity contribution is 6.18. The van der Waals surface area contributed by atoms with E-state index >= 15 is 0 Å². The van der Waals surface area contributed by atoms with Gasteiger partial charge in [-0.1, -0.05) is 48.5 Å². The van der Waals surface area contributed by atoms with Gasteiger partial charge in [-0.3, -0.25) is 0 Å². The molecule has 3 nitrogen and oxygen atoms in total. The molecule has 116 valence electrons. The van der Waals surface area contributed by atoms with E-state index in [2.05, 4.69) is 22.4 Å². The third kappa shape index (κ3) is 3.82. The van der Waals surface area contributed by atoms with E-state index in [0.717, 1.165) is 28.6 Å². The molecule has 3 N–H and O–H groups in total. The minimum atomic E-state index is 0.367. The first kappa shape index (κ1) is 15.4. The molecule has 4 heteroatoms. The standard InChI is InChI=1S/C19H18ClN3/c20-13-12-14-8-10-16(11-9-14)22-19(21)23-18-7-3-5-15-4-1-2-6-17(15)18/h1-11H,12-13H2,(H3,21,22,23). The molecule has 0 bridgehead atoms. The second kappa shape index (κ2) is 7.16. The van der Waals surface area contributed by atoms with Crippen molar-refractivity contribution in [1.82, 2.24) is 0 Å². The van der Waals surface area contributed by atoms with Crippen molar-refractivity contribution in [3.8, 4) is 0 Å². The molecule has 3 aromatic carbocycles. The van der Waals surface area contributed by atoms with Crippen LogP contribution in [0, 0.1) is 0 Å². The van der Waals surface area contributed by atoms with Crippen molar-refractivity contribution < 1.29 is 0 Å². The Hall–Kier alpha value is -2.52. The largest absolute Gasteiger partial charge is 0.369 e. The first-order valence-electron chi connectivity index (χ1n) is 7.50. The van der Waals surface area contributed by atoms with E-state index in [4.69, 9.17) is 17.3 Å². The fourth-order valence-corrected chi connectivity index (χ4v) is 2.69. The molecule has 3 rings (SSSR count). The van der Waals surface area contributed by atoms with Gasteiger partial charge in [-0.2, -0.15) is 0 Å². The van der Waals surface area contributed by atoms with Crippen molar-refractivity contribution in [1.29, 1.82) is 0 Å². The lowest BCUT2D eigenvalue weighted by Crippen LogP contribution is -2.21. The molecule has 0 radical (unpaired) electrons. The number of benzene rings is 3. The fraction of sp³-hybridized carbons (Fsp3) is 0.105. The van der Waals surface area contributed by atoms with Crippen LogP contribution in [0.1, 0.15) is 5.56 Å². The lowest BCUT2D eigenvalue weighted by molar-refractivity contribution is 1.15. The molecule has 23 heavy (non-hydrogen) atoms. The molecule has 3 aromatic rings.